The number of hydrogen-bond donors (Lipinski definition) is 1. The summed E-state index contributed by atoms with van der Waals surface area (Å²) in [6.07, 6.45) is 0. The monoisotopic (exact) mass is 460 g/mol. The lowest BCUT2D eigenvalue weighted by Gasteiger charge is -2.38. The van der Waals surface area contributed by atoms with Gasteiger partial charge in [0.15, 0.2) is 23.3 Å². The SMILES string of the molecule is Cl.NCC1CN(C(=O)COc2c(-c3csc(N4CCOCC4)n3)ccc(F)c2F)C1. The summed E-state index contributed by atoms with van der Waals surface area (Å²) in [4.78, 5) is 20.5. The van der Waals surface area contributed by atoms with Crippen LogP contribution < -0.4 is 15.4 Å². The van der Waals surface area contributed by atoms with Crippen molar-refractivity contribution in [2.24, 2.45) is 11.7 Å². The molecule has 2 fully saturated rings. The van der Waals surface area contributed by atoms with Crippen LogP contribution in [0.15, 0.2) is 17.5 Å². The summed E-state index contributed by atoms with van der Waals surface area (Å²) in [5, 5.41) is 2.55. The number of aromatic nitrogens is 1. The number of hydrogen-bond acceptors (Lipinski definition) is 7. The summed E-state index contributed by atoms with van der Waals surface area (Å²) in [6.45, 7) is 3.96. The highest BCUT2D eigenvalue weighted by atomic mass is 35.5. The average Bonchev–Trinajstić information content (AvgIpc) is 3.19. The fraction of sp³-hybridized carbons (Fsp3) is 0.474. The van der Waals surface area contributed by atoms with Crippen molar-refractivity contribution in [2.75, 3.05) is 57.4 Å². The molecular weight excluding hydrogens is 438 g/mol. The summed E-state index contributed by atoms with van der Waals surface area (Å²) in [6, 6.07) is 2.46. The van der Waals surface area contributed by atoms with E-state index in [0.29, 0.717) is 44.1 Å². The fourth-order valence-electron chi connectivity index (χ4n) is 3.31. The van der Waals surface area contributed by atoms with E-state index in [1.54, 1.807) is 10.3 Å². The van der Waals surface area contributed by atoms with E-state index in [-0.39, 0.29) is 36.6 Å². The van der Waals surface area contributed by atoms with Gasteiger partial charge in [0.1, 0.15) is 0 Å². The third-order valence-corrected chi connectivity index (χ3v) is 5.98. The first kappa shape index (κ1) is 22.7. The second-order valence-electron chi connectivity index (χ2n) is 7.04. The molecule has 0 spiro atoms. The molecule has 2 N–H and O–H groups in total. The summed E-state index contributed by atoms with van der Waals surface area (Å²) < 4.78 is 39.1. The standard InChI is InChI=1S/C19H22F2N4O3S.ClH/c20-14-2-1-13(15-11-29-19(23-15)24-3-5-27-6-4-24)18(17(14)21)28-10-16(26)25-8-12(7-22)9-25;/h1-2,11-12H,3-10,22H2;1H. The maximum Gasteiger partial charge on any atom is 0.260 e. The number of nitrogens with zero attached hydrogens (tertiary/aromatic N) is 3. The Balaban J connectivity index is 0.00000256. The number of nitrogens with two attached hydrogens (primary N) is 1. The first-order valence-corrected chi connectivity index (χ1v) is 10.3. The van der Waals surface area contributed by atoms with Crippen molar-refractivity contribution in [1.29, 1.82) is 0 Å². The zero-order valence-electron chi connectivity index (χ0n) is 16.2. The second-order valence-corrected chi connectivity index (χ2v) is 7.88. The number of carbonyl (C=O) groups is 1. The zero-order chi connectivity index (χ0) is 20.4. The zero-order valence-corrected chi connectivity index (χ0v) is 17.8. The molecule has 2 aromatic rings. The highest BCUT2D eigenvalue weighted by Gasteiger charge is 2.30. The maximum absolute atomic E-state index is 14.5. The number of morpholine rings is 1. The molecular formula is C19H23ClF2N4O3S. The van der Waals surface area contributed by atoms with Crippen LogP contribution >= 0.6 is 23.7 Å². The van der Waals surface area contributed by atoms with E-state index in [1.807, 2.05) is 0 Å². The van der Waals surface area contributed by atoms with Crippen molar-refractivity contribution >= 4 is 34.8 Å². The van der Waals surface area contributed by atoms with E-state index < -0.39 is 11.6 Å². The summed E-state index contributed by atoms with van der Waals surface area (Å²) >= 11 is 1.41. The molecule has 30 heavy (non-hydrogen) atoms. The fourth-order valence-corrected chi connectivity index (χ4v) is 4.19. The first-order chi connectivity index (χ1) is 14.1. The van der Waals surface area contributed by atoms with Gasteiger partial charge in [0, 0.05) is 43.0 Å². The molecule has 2 aliphatic rings. The van der Waals surface area contributed by atoms with Gasteiger partial charge in [-0.1, -0.05) is 0 Å². The Morgan fingerprint density at radius 2 is 2.03 bits per heavy atom. The number of thiazole rings is 1. The Labute approximate surface area is 183 Å². The Hall–Kier alpha value is -2.01. The number of carbonyl (C=O) groups excluding carboxylic acids is 1. The van der Waals surface area contributed by atoms with Crippen LogP contribution in [0.2, 0.25) is 0 Å². The molecule has 1 amide bonds. The number of benzene rings is 1. The van der Waals surface area contributed by atoms with Gasteiger partial charge >= 0.3 is 0 Å². The molecule has 3 heterocycles. The predicted octanol–water partition coefficient (Wildman–Crippen LogP) is 2.14. The minimum Gasteiger partial charge on any atom is -0.480 e. The number of amides is 1. The third-order valence-electron chi connectivity index (χ3n) is 5.08. The molecule has 0 bridgehead atoms. The predicted molar refractivity (Wildman–Crippen MR) is 112 cm³/mol. The van der Waals surface area contributed by atoms with Crippen molar-refractivity contribution in [3.63, 3.8) is 0 Å². The molecule has 4 rings (SSSR count). The largest absolute Gasteiger partial charge is 0.480 e. The Morgan fingerprint density at radius 3 is 2.73 bits per heavy atom. The quantitative estimate of drug-likeness (QED) is 0.711. The van der Waals surface area contributed by atoms with Crippen LogP contribution in [-0.2, 0) is 9.53 Å². The van der Waals surface area contributed by atoms with Crippen molar-refractivity contribution in [3.05, 3.63) is 29.1 Å². The van der Waals surface area contributed by atoms with Gasteiger partial charge in [0.05, 0.1) is 18.9 Å². The molecule has 0 radical (unpaired) electrons. The van der Waals surface area contributed by atoms with Crippen molar-refractivity contribution in [2.45, 2.75) is 0 Å². The van der Waals surface area contributed by atoms with Crippen molar-refractivity contribution in [3.8, 4) is 17.0 Å². The highest BCUT2D eigenvalue weighted by Crippen LogP contribution is 2.36. The van der Waals surface area contributed by atoms with Crippen LogP contribution in [0.1, 0.15) is 0 Å². The first-order valence-electron chi connectivity index (χ1n) is 9.44. The van der Waals surface area contributed by atoms with Gasteiger partial charge in [-0.05, 0) is 18.7 Å². The normalized spacial score (nSPS) is 16.8. The lowest BCUT2D eigenvalue weighted by molar-refractivity contribution is -0.139. The van der Waals surface area contributed by atoms with Gasteiger partial charge in [-0.3, -0.25) is 4.79 Å². The Morgan fingerprint density at radius 1 is 1.30 bits per heavy atom. The van der Waals surface area contributed by atoms with E-state index in [2.05, 4.69) is 9.88 Å². The van der Waals surface area contributed by atoms with Crippen molar-refractivity contribution < 1.29 is 23.0 Å². The third kappa shape index (κ3) is 4.66. The molecule has 2 saturated heterocycles. The molecule has 0 atom stereocenters. The van der Waals surface area contributed by atoms with Gasteiger partial charge in [-0.2, -0.15) is 4.39 Å². The number of anilines is 1. The summed E-state index contributed by atoms with van der Waals surface area (Å²) in [7, 11) is 0. The average molecular weight is 461 g/mol. The minimum absolute atomic E-state index is 0. The molecule has 1 aromatic heterocycles. The molecule has 0 aliphatic carbocycles. The van der Waals surface area contributed by atoms with E-state index in [1.165, 1.54) is 17.4 Å². The lowest BCUT2D eigenvalue weighted by Crippen LogP contribution is -2.53. The molecule has 7 nitrogen and oxygen atoms in total. The van der Waals surface area contributed by atoms with Crippen LogP contribution in [0.25, 0.3) is 11.3 Å². The number of likely N-dealkylation sites (tertiary alicyclic amines) is 1. The van der Waals surface area contributed by atoms with Gasteiger partial charge in [0.2, 0.25) is 5.82 Å². The molecule has 0 saturated carbocycles. The maximum atomic E-state index is 14.5. The summed E-state index contributed by atoms with van der Waals surface area (Å²) in [5.74, 6) is -2.45. The number of ether oxygens (including phenoxy) is 2. The van der Waals surface area contributed by atoms with Crippen LogP contribution in [0.3, 0.4) is 0 Å². The molecule has 11 heteroatoms. The van der Waals surface area contributed by atoms with E-state index in [9.17, 15) is 13.6 Å². The van der Waals surface area contributed by atoms with Crippen LogP contribution in [0.4, 0.5) is 13.9 Å². The Kier molecular flexibility index (Phi) is 7.45. The van der Waals surface area contributed by atoms with Gasteiger partial charge in [-0.15, -0.1) is 23.7 Å². The van der Waals surface area contributed by atoms with E-state index in [0.717, 1.165) is 24.3 Å². The lowest BCUT2D eigenvalue weighted by atomic mass is 10.0. The van der Waals surface area contributed by atoms with E-state index >= 15 is 0 Å². The minimum atomic E-state index is -1.13. The summed E-state index contributed by atoms with van der Waals surface area (Å²) in [5.41, 5.74) is 6.35. The van der Waals surface area contributed by atoms with Crippen LogP contribution in [0, 0.1) is 17.6 Å². The van der Waals surface area contributed by atoms with Gasteiger partial charge in [0.25, 0.3) is 5.91 Å². The highest BCUT2D eigenvalue weighted by molar-refractivity contribution is 7.14. The van der Waals surface area contributed by atoms with Crippen LogP contribution in [-0.4, -0.2) is 68.3 Å². The Bertz CT molecular complexity index is 889. The van der Waals surface area contributed by atoms with E-state index in [4.69, 9.17) is 15.2 Å². The molecule has 2 aliphatic heterocycles. The van der Waals surface area contributed by atoms with Crippen LogP contribution in [0.5, 0.6) is 5.75 Å². The second kappa shape index (κ2) is 9.86. The molecule has 1 aromatic carbocycles. The smallest absolute Gasteiger partial charge is 0.260 e. The molecule has 0 unspecified atom stereocenters. The number of rotatable bonds is 6. The van der Waals surface area contributed by atoms with Gasteiger partial charge in [-0.25, -0.2) is 9.37 Å². The van der Waals surface area contributed by atoms with Gasteiger partial charge < -0.3 is 25.0 Å². The topological polar surface area (TPSA) is 80.9 Å². The number of halogens is 3. The van der Waals surface area contributed by atoms with Crippen molar-refractivity contribution in [1.82, 2.24) is 9.88 Å². The molecule has 164 valence electrons.